The van der Waals surface area contributed by atoms with Crippen LogP contribution in [0.15, 0.2) is 48.8 Å². The van der Waals surface area contributed by atoms with Crippen LogP contribution >= 0.6 is 11.6 Å². The van der Waals surface area contributed by atoms with Crippen LogP contribution in [0.4, 0.5) is 4.79 Å². The van der Waals surface area contributed by atoms with Gasteiger partial charge in [-0.25, -0.2) is 9.59 Å². The minimum atomic E-state index is -1.17. The fraction of sp³-hybridized carbons (Fsp3) is 0.188. The van der Waals surface area contributed by atoms with Gasteiger partial charge in [-0.2, -0.15) is 0 Å². The molecule has 6 nitrogen and oxygen atoms in total. The van der Waals surface area contributed by atoms with E-state index in [1.54, 1.807) is 18.2 Å². The maximum atomic E-state index is 11.8. The molecule has 1 atom stereocenters. The maximum absolute atomic E-state index is 11.8. The third-order valence-electron chi connectivity index (χ3n) is 3.08. The summed E-state index contributed by atoms with van der Waals surface area (Å²) in [6.07, 6.45) is 2.17. The molecule has 0 bridgehead atoms. The van der Waals surface area contributed by atoms with E-state index in [1.165, 1.54) is 12.4 Å². The summed E-state index contributed by atoms with van der Waals surface area (Å²) < 4.78 is 5.02. The number of hydrogen-bond donors (Lipinski definition) is 2. The lowest BCUT2D eigenvalue weighted by atomic mass is 10.1. The molecule has 0 aliphatic rings. The number of carbonyl (C=O) groups excluding carboxylic acids is 1. The lowest BCUT2D eigenvalue weighted by molar-refractivity contribution is -0.139. The third kappa shape index (κ3) is 5.27. The normalized spacial score (nSPS) is 11.5. The van der Waals surface area contributed by atoms with Crippen LogP contribution in [0.3, 0.4) is 0 Å². The van der Waals surface area contributed by atoms with Crippen molar-refractivity contribution in [3.05, 3.63) is 64.9 Å². The van der Waals surface area contributed by atoms with Crippen molar-refractivity contribution in [1.82, 2.24) is 10.3 Å². The van der Waals surface area contributed by atoms with Crippen molar-refractivity contribution >= 4 is 23.7 Å². The number of pyridine rings is 1. The zero-order valence-electron chi connectivity index (χ0n) is 12.1. The van der Waals surface area contributed by atoms with E-state index < -0.39 is 18.1 Å². The second kappa shape index (κ2) is 8.14. The van der Waals surface area contributed by atoms with Gasteiger partial charge in [-0.15, -0.1) is 0 Å². The average molecular weight is 335 g/mol. The number of alkyl carbamates (subject to hydrolysis) is 1. The van der Waals surface area contributed by atoms with Crippen LogP contribution in [0.2, 0.25) is 5.02 Å². The van der Waals surface area contributed by atoms with Crippen LogP contribution in [-0.4, -0.2) is 28.2 Å². The van der Waals surface area contributed by atoms with E-state index in [1.807, 2.05) is 18.2 Å². The fourth-order valence-corrected chi connectivity index (χ4v) is 2.09. The first-order valence-electron chi connectivity index (χ1n) is 6.84. The summed E-state index contributed by atoms with van der Waals surface area (Å²) in [5.41, 5.74) is 1.39. The molecule has 2 aromatic rings. The van der Waals surface area contributed by atoms with Gasteiger partial charge in [0, 0.05) is 18.8 Å². The summed E-state index contributed by atoms with van der Waals surface area (Å²) in [6.45, 7) is 0.0645. The molecule has 1 heterocycles. The minimum absolute atomic E-state index is 0.0388. The van der Waals surface area contributed by atoms with E-state index in [9.17, 15) is 14.7 Å². The zero-order chi connectivity index (χ0) is 16.7. The van der Waals surface area contributed by atoms with Gasteiger partial charge >= 0.3 is 12.1 Å². The molecular formula is C16H15ClN2O4. The molecular weight excluding hydrogens is 320 g/mol. The van der Waals surface area contributed by atoms with E-state index in [-0.39, 0.29) is 13.0 Å². The molecule has 0 aliphatic carbocycles. The number of benzene rings is 1. The van der Waals surface area contributed by atoms with Crippen LogP contribution in [-0.2, 0) is 22.6 Å². The van der Waals surface area contributed by atoms with Crippen molar-refractivity contribution in [3.8, 4) is 0 Å². The topological polar surface area (TPSA) is 88.5 Å². The molecule has 2 N–H and O–H groups in total. The number of halogens is 1. The van der Waals surface area contributed by atoms with Gasteiger partial charge in [-0.3, -0.25) is 4.98 Å². The Labute approximate surface area is 138 Å². The largest absolute Gasteiger partial charge is 0.480 e. The summed E-state index contributed by atoms with van der Waals surface area (Å²) in [7, 11) is 0. The number of amides is 1. The summed E-state index contributed by atoms with van der Waals surface area (Å²) in [5.74, 6) is -1.17. The van der Waals surface area contributed by atoms with Crippen molar-refractivity contribution in [2.75, 3.05) is 0 Å². The highest BCUT2D eigenvalue weighted by molar-refractivity contribution is 6.31. The number of carbonyl (C=O) groups is 2. The lowest BCUT2D eigenvalue weighted by Gasteiger charge is -2.15. The number of aliphatic carboxylic acids is 1. The predicted octanol–water partition coefficient (Wildman–Crippen LogP) is 2.66. The Bertz CT molecular complexity index is 679. The third-order valence-corrected chi connectivity index (χ3v) is 3.42. The van der Waals surface area contributed by atoms with E-state index in [2.05, 4.69) is 10.3 Å². The Morgan fingerprint density at radius 2 is 2.00 bits per heavy atom. The smallest absolute Gasteiger partial charge is 0.408 e. The molecule has 2 rings (SSSR count). The van der Waals surface area contributed by atoms with Gasteiger partial charge in [-0.05, 0) is 17.2 Å². The SMILES string of the molecule is O=C(NC(Cc1ccncc1Cl)C(=O)O)OCc1ccccc1. The maximum Gasteiger partial charge on any atom is 0.408 e. The Balaban J connectivity index is 1.92. The Kier molecular flexibility index (Phi) is 5.94. The van der Waals surface area contributed by atoms with Crippen molar-refractivity contribution < 1.29 is 19.4 Å². The first-order chi connectivity index (χ1) is 11.1. The van der Waals surface area contributed by atoms with Gasteiger partial charge in [0.15, 0.2) is 0 Å². The predicted molar refractivity (Wildman–Crippen MR) is 84.1 cm³/mol. The molecule has 1 amide bonds. The summed E-state index contributed by atoms with van der Waals surface area (Å²) in [5, 5.41) is 11.9. The second-order valence-electron chi connectivity index (χ2n) is 4.77. The molecule has 0 saturated heterocycles. The van der Waals surface area contributed by atoms with Crippen molar-refractivity contribution in [3.63, 3.8) is 0 Å². The number of hydrogen-bond acceptors (Lipinski definition) is 4. The number of aromatic nitrogens is 1. The number of carboxylic acids is 1. The molecule has 1 aromatic heterocycles. The Morgan fingerprint density at radius 1 is 1.26 bits per heavy atom. The molecule has 0 fully saturated rings. The van der Waals surface area contributed by atoms with Gasteiger partial charge in [0.25, 0.3) is 0 Å². The molecule has 1 aromatic carbocycles. The van der Waals surface area contributed by atoms with E-state index in [0.717, 1.165) is 5.56 Å². The zero-order valence-corrected chi connectivity index (χ0v) is 12.9. The van der Waals surface area contributed by atoms with Crippen LogP contribution < -0.4 is 5.32 Å². The van der Waals surface area contributed by atoms with Crippen LogP contribution in [0, 0.1) is 0 Å². The molecule has 0 aliphatic heterocycles. The minimum Gasteiger partial charge on any atom is -0.480 e. The average Bonchev–Trinajstić information content (AvgIpc) is 2.55. The lowest BCUT2D eigenvalue weighted by Crippen LogP contribution is -2.42. The van der Waals surface area contributed by atoms with Crippen molar-refractivity contribution in [2.24, 2.45) is 0 Å². The van der Waals surface area contributed by atoms with Gasteiger partial charge in [0.05, 0.1) is 5.02 Å². The number of rotatable bonds is 6. The molecule has 23 heavy (non-hydrogen) atoms. The molecule has 0 radical (unpaired) electrons. The van der Waals surface area contributed by atoms with Crippen LogP contribution in [0.5, 0.6) is 0 Å². The first kappa shape index (κ1) is 16.8. The molecule has 1 unspecified atom stereocenters. The van der Waals surface area contributed by atoms with Gasteiger partial charge in [-0.1, -0.05) is 41.9 Å². The van der Waals surface area contributed by atoms with E-state index >= 15 is 0 Å². The highest BCUT2D eigenvalue weighted by atomic mass is 35.5. The van der Waals surface area contributed by atoms with Gasteiger partial charge in [0.1, 0.15) is 12.6 Å². The highest BCUT2D eigenvalue weighted by Gasteiger charge is 2.22. The van der Waals surface area contributed by atoms with Crippen LogP contribution in [0.25, 0.3) is 0 Å². The first-order valence-corrected chi connectivity index (χ1v) is 7.22. The summed E-state index contributed by atoms with van der Waals surface area (Å²) in [6, 6.07) is 9.57. The van der Waals surface area contributed by atoms with Gasteiger partial charge < -0.3 is 15.2 Å². The van der Waals surface area contributed by atoms with Crippen LogP contribution in [0.1, 0.15) is 11.1 Å². The van der Waals surface area contributed by atoms with Crippen molar-refractivity contribution in [2.45, 2.75) is 19.1 Å². The van der Waals surface area contributed by atoms with Crippen molar-refractivity contribution in [1.29, 1.82) is 0 Å². The summed E-state index contributed by atoms with van der Waals surface area (Å²) in [4.78, 5) is 26.9. The highest BCUT2D eigenvalue weighted by Crippen LogP contribution is 2.15. The van der Waals surface area contributed by atoms with E-state index in [4.69, 9.17) is 16.3 Å². The number of nitrogens with zero attached hydrogens (tertiary/aromatic N) is 1. The number of ether oxygens (including phenoxy) is 1. The quantitative estimate of drug-likeness (QED) is 0.847. The standard InChI is InChI=1S/C16H15ClN2O4/c17-13-9-18-7-6-12(13)8-14(15(20)21)19-16(22)23-10-11-4-2-1-3-5-11/h1-7,9,14H,8,10H2,(H,19,22)(H,20,21). The second-order valence-corrected chi connectivity index (χ2v) is 5.18. The van der Waals surface area contributed by atoms with E-state index in [0.29, 0.717) is 10.6 Å². The Hall–Kier alpha value is -2.60. The molecule has 7 heteroatoms. The molecule has 120 valence electrons. The Morgan fingerprint density at radius 3 is 2.65 bits per heavy atom. The number of nitrogens with one attached hydrogen (secondary N) is 1. The van der Waals surface area contributed by atoms with Gasteiger partial charge in [0.2, 0.25) is 0 Å². The monoisotopic (exact) mass is 334 g/mol. The summed E-state index contributed by atoms with van der Waals surface area (Å²) >= 11 is 5.95. The molecule has 0 saturated carbocycles. The number of carboxylic acid groups (broad SMARTS) is 1. The fourth-order valence-electron chi connectivity index (χ4n) is 1.90. The molecule has 0 spiro atoms.